The quantitative estimate of drug-likeness (QED) is 0.122. The van der Waals surface area contributed by atoms with Crippen LogP contribution in [0.5, 0.6) is 11.5 Å². The Balaban J connectivity index is 1.33. The third kappa shape index (κ3) is 8.86. The molecule has 1 aromatic carbocycles. The summed E-state index contributed by atoms with van der Waals surface area (Å²) in [6.45, 7) is 13.4. The number of fused-ring (bicyclic) bond motifs is 1. The number of hydrogen-bond donors (Lipinski definition) is 4. The van der Waals surface area contributed by atoms with Gasteiger partial charge in [0.2, 0.25) is 11.8 Å². The molecule has 3 aliphatic rings. The first kappa shape index (κ1) is 40.7. The highest BCUT2D eigenvalue weighted by Crippen LogP contribution is 2.45. The van der Waals surface area contributed by atoms with Crippen molar-refractivity contribution < 1.29 is 38.2 Å². The zero-order valence-corrected chi connectivity index (χ0v) is 33.9. The van der Waals surface area contributed by atoms with Gasteiger partial charge in [0.15, 0.2) is 5.13 Å². The van der Waals surface area contributed by atoms with E-state index in [1.807, 2.05) is 64.3 Å². The molecule has 5 atom stereocenters. The number of nitrogens with zero attached hydrogens (tertiary/aromatic N) is 3. The number of carbonyl (C=O) groups excluding carboxylic acids is 4. The van der Waals surface area contributed by atoms with Gasteiger partial charge in [0, 0.05) is 41.3 Å². The normalized spacial score (nSPS) is 22.7. The summed E-state index contributed by atoms with van der Waals surface area (Å²) < 4.78 is 17.9. The van der Waals surface area contributed by atoms with Crippen LogP contribution in [0.15, 0.2) is 42.3 Å². The summed E-state index contributed by atoms with van der Waals surface area (Å²) in [5.74, 6) is -0.789. The van der Waals surface area contributed by atoms with Crippen molar-refractivity contribution in [1.82, 2.24) is 31.0 Å². The van der Waals surface area contributed by atoms with Crippen LogP contribution in [-0.2, 0) is 24.0 Å². The number of likely N-dealkylation sites (tertiary alicyclic amines) is 1. The maximum atomic E-state index is 14.7. The largest absolute Gasteiger partial charge is 0.497 e. The molecule has 0 unspecified atom stereocenters. The molecule has 1 aliphatic heterocycles. The van der Waals surface area contributed by atoms with Crippen molar-refractivity contribution >= 4 is 51.2 Å². The lowest BCUT2D eigenvalue weighted by Gasteiger charge is -2.35. The van der Waals surface area contributed by atoms with Crippen LogP contribution in [0.25, 0.3) is 22.3 Å². The lowest BCUT2D eigenvalue weighted by molar-refractivity contribution is -0.144. The monoisotopic (exact) mass is 791 g/mol. The molecule has 2 aromatic heterocycles. The number of ether oxygens (including phenoxy) is 3. The van der Waals surface area contributed by atoms with Crippen LogP contribution in [0, 0.1) is 11.3 Å². The molecule has 56 heavy (non-hydrogen) atoms. The maximum absolute atomic E-state index is 14.7. The molecule has 15 nitrogen and oxygen atoms in total. The molecule has 6 rings (SSSR count). The highest BCUT2D eigenvalue weighted by molar-refractivity contribution is 7.14. The first-order chi connectivity index (χ1) is 26.6. The van der Waals surface area contributed by atoms with Crippen molar-refractivity contribution in [3.05, 3.63) is 42.3 Å². The Labute approximate surface area is 331 Å². The molecule has 2 aliphatic carbocycles. The molecule has 1 saturated heterocycles. The number of pyridine rings is 1. The Bertz CT molecular complexity index is 1960. The summed E-state index contributed by atoms with van der Waals surface area (Å²) in [7, 11) is 2.90. The third-order valence-corrected chi connectivity index (χ3v) is 11.3. The van der Waals surface area contributed by atoms with E-state index in [-0.39, 0.29) is 31.0 Å². The minimum atomic E-state index is -1.29. The van der Waals surface area contributed by atoms with E-state index in [2.05, 4.69) is 28.0 Å². The topological polar surface area (TPSA) is 182 Å². The van der Waals surface area contributed by atoms with Gasteiger partial charge in [-0.05, 0) is 63.5 Å². The fourth-order valence-electron chi connectivity index (χ4n) is 7.44. The standard InChI is InChI=1S/C40H53N7O8S/c1-9-23-19-40(23,36(50)46-53-8)45-34(48)31-17-26(20-47(31)35(49)33(39(4,5)6)44-38(51)55-24-12-10-11-13-24)54-32-18-29(30-21-56-37(43-30)41-22(2)3)42-28-16-25(52-7)14-15-27(28)32/h9,14-16,18,21-24,26,31,33H,1,10-13,17,19-20H2,2-8H3,(H,41,43)(H,44,51)(H,45,48)(H,46,50)/t23-,26-,31+,33-,40-/m1/s1. The number of methoxy groups -OCH3 is 1. The number of carbonyl (C=O) groups is 4. The van der Waals surface area contributed by atoms with Gasteiger partial charge in [0.1, 0.15) is 47.0 Å². The second-order valence-electron chi connectivity index (χ2n) is 16.1. The molecule has 3 fully saturated rings. The van der Waals surface area contributed by atoms with E-state index in [4.69, 9.17) is 29.0 Å². The van der Waals surface area contributed by atoms with Gasteiger partial charge in [0.25, 0.3) is 5.91 Å². The molecule has 16 heteroatoms. The number of rotatable bonds is 14. The lowest BCUT2D eigenvalue weighted by Crippen LogP contribution is -2.60. The molecule has 0 bridgehead atoms. The van der Waals surface area contributed by atoms with Crippen LogP contribution in [0.2, 0.25) is 0 Å². The number of anilines is 1. The minimum absolute atomic E-state index is 0.0134. The Morgan fingerprint density at radius 3 is 2.45 bits per heavy atom. The van der Waals surface area contributed by atoms with E-state index in [1.54, 1.807) is 13.2 Å². The SMILES string of the molecule is C=C[C@@H]1C[C@]1(NC(=O)[C@@H]1C[C@@H](Oc2cc(-c3csc(NC(C)C)n3)nc3cc(OC)ccc23)CN1C(=O)[C@@H](NC(=O)OC1CCCC1)C(C)(C)C)C(=O)NOC. The molecular formula is C40H53N7O8S. The second kappa shape index (κ2) is 16.6. The van der Waals surface area contributed by atoms with Gasteiger partial charge in [-0.2, -0.15) is 0 Å². The predicted molar refractivity (Wildman–Crippen MR) is 212 cm³/mol. The number of amides is 4. The van der Waals surface area contributed by atoms with Crippen molar-refractivity contribution in [3.8, 4) is 22.9 Å². The van der Waals surface area contributed by atoms with Crippen LogP contribution < -0.4 is 30.9 Å². The zero-order chi connectivity index (χ0) is 40.4. The molecule has 4 N–H and O–H groups in total. The van der Waals surface area contributed by atoms with Crippen LogP contribution in [0.4, 0.5) is 9.93 Å². The zero-order valence-electron chi connectivity index (χ0n) is 33.1. The number of hydrogen-bond acceptors (Lipinski definition) is 12. The number of alkyl carbamates (subject to hydrolysis) is 1. The van der Waals surface area contributed by atoms with Crippen LogP contribution in [-0.4, -0.2) is 95.3 Å². The Hall–Kier alpha value is -4.96. The van der Waals surface area contributed by atoms with Crippen molar-refractivity contribution in [1.29, 1.82) is 0 Å². The van der Waals surface area contributed by atoms with Crippen LogP contribution >= 0.6 is 11.3 Å². The molecule has 0 radical (unpaired) electrons. The van der Waals surface area contributed by atoms with Gasteiger partial charge in [-0.1, -0.05) is 26.8 Å². The Morgan fingerprint density at radius 1 is 1.05 bits per heavy atom. The van der Waals surface area contributed by atoms with E-state index >= 15 is 0 Å². The number of thiazole rings is 1. The van der Waals surface area contributed by atoms with Crippen LogP contribution in [0.1, 0.15) is 73.1 Å². The predicted octanol–water partition coefficient (Wildman–Crippen LogP) is 5.36. The highest BCUT2D eigenvalue weighted by Gasteiger charge is 2.61. The minimum Gasteiger partial charge on any atom is -0.497 e. The summed E-state index contributed by atoms with van der Waals surface area (Å²) in [6.07, 6.45) is 3.96. The van der Waals surface area contributed by atoms with Gasteiger partial charge < -0.3 is 35.1 Å². The number of hydroxylamine groups is 1. The number of aromatic nitrogens is 2. The van der Waals surface area contributed by atoms with E-state index < -0.39 is 53.0 Å². The van der Waals surface area contributed by atoms with Crippen LogP contribution in [0.3, 0.4) is 0 Å². The summed E-state index contributed by atoms with van der Waals surface area (Å²) in [6, 6.07) is 5.38. The molecule has 0 spiro atoms. The van der Waals surface area contributed by atoms with Gasteiger partial charge in [0.05, 0.1) is 32.0 Å². The smallest absolute Gasteiger partial charge is 0.408 e. The molecule has 2 saturated carbocycles. The fraction of sp³-hybridized carbons (Fsp3) is 0.550. The second-order valence-corrected chi connectivity index (χ2v) is 17.0. The van der Waals surface area contributed by atoms with E-state index in [1.165, 1.54) is 23.3 Å². The summed E-state index contributed by atoms with van der Waals surface area (Å²) in [4.78, 5) is 71.3. The van der Waals surface area contributed by atoms with Crippen molar-refractivity contribution in [2.75, 3.05) is 26.1 Å². The average Bonchev–Trinajstić information content (AvgIpc) is 3.56. The molecule has 4 amide bonds. The van der Waals surface area contributed by atoms with Crippen molar-refractivity contribution in [3.63, 3.8) is 0 Å². The lowest BCUT2D eigenvalue weighted by atomic mass is 9.85. The molecule has 3 heterocycles. The summed E-state index contributed by atoms with van der Waals surface area (Å²) >= 11 is 1.47. The Kier molecular flexibility index (Phi) is 12.1. The first-order valence-electron chi connectivity index (χ1n) is 19.1. The van der Waals surface area contributed by atoms with Gasteiger partial charge in [-0.3, -0.25) is 19.2 Å². The fourth-order valence-corrected chi connectivity index (χ4v) is 8.29. The van der Waals surface area contributed by atoms with Gasteiger partial charge in [-0.15, -0.1) is 17.9 Å². The van der Waals surface area contributed by atoms with Gasteiger partial charge in [-0.25, -0.2) is 20.2 Å². The number of benzene rings is 1. The molecular weight excluding hydrogens is 739 g/mol. The average molecular weight is 792 g/mol. The summed E-state index contributed by atoms with van der Waals surface area (Å²) in [5, 5.41) is 12.4. The van der Waals surface area contributed by atoms with E-state index in [0.29, 0.717) is 40.2 Å². The van der Waals surface area contributed by atoms with E-state index in [9.17, 15) is 19.2 Å². The maximum Gasteiger partial charge on any atom is 0.408 e. The van der Waals surface area contributed by atoms with Crippen molar-refractivity contribution in [2.24, 2.45) is 11.3 Å². The molecule has 3 aromatic rings. The highest BCUT2D eigenvalue weighted by atomic mass is 32.1. The van der Waals surface area contributed by atoms with Gasteiger partial charge >= 0.3 is 6.09 Å². The first-order valence-corrected chi connectivity index (χ1v) is 20.0. The van der Waals surface area contributed by atoms with E-state index in [0.717, 1.165) is 30.8 Å². The molecule has 302 valence electrons. The number of nitrogens with one attached hydrogen (secondary N) is 4. The third-order valence-electron chi connectivity index (χ3n) is 10.5. The Morgan fingerprint density at radius 2 is 1.80 bits per heavy atom. The van der Waals surface area contributed by atoms with Crippen molar-refractivity contribution in [2.45, 2.75) is 109 Å². The summed E-state index contributed by atoms with van der Waals surface area (Å²) in [5.41, 5.74) is 2.11.